The van der Waals surface area contributed by atoms with Crippen molar-refractivity contribution in [3.05, 3.63) is 107 Å². The van der Waals surface area contributed by atoms with E-state index in [1.165, 1.54) is 5.56 Å². The van der Waals surface area contributed by atoms with E-state index in [9.17, 15) is 9.13 Å². The summed E-state index contributed by atoms with van der Waals surface area (Å²) >= 11 is 0. The summed E-state index contributed by atoms with van der Waals surface area (Å²) in [5.41, 5.74) is 3.73. The maximum Gasteiger partial charge on any atom is 0.342 e. The molecule has 0 unspecified atom stereocenters. The molecule has 0 atom stereocenters. The second-order valence-corrected chi connectivity index (χ2v) is 17.7. The number of hydrogen-bond donors (Lipinski definition) is 0. The SMILES string of the molecule is CC(C)(C)c1ccc(CP2(=O)OCC3(CO2)COP(=O)(C(c2ccccc2)c2ccccc2)OC3)c(C(C)(C)C)c1. The van der Waals surface area contributed by atoms with Gasteiger partial charge in [-0.1, -0.05) is 120 Å². The monoisotopic (exact) mass is 596 g/mol. The number of rotatable bonds is 5. The molecule has 2 fully saturated rings. The molecule has 0 amide bonds. The van der Waals surface area contributed by atoms with Gasteiger partial charge >= 0.3 is 15.2 Å². The van der Waals surface area contributed by atoms with Crippen molar-refractivity contribution in [2.45, 2.75) is 64.2 Å². The summed E-state index contributed by atoms with van der Waals surface area (Å²) in [6.45, 7) is 13.6. The van der Waals surface area contributed by atoms with Crippen LogP contribution in [0.2, 0.25) is 0 Å². The maximum absolute atomic E-state index is 14.2. The highest BCUT2D eigenvalue weighted by molar-refractivity contribution is 7.54. The first kappa shape index (κ1) is 30.4. The summed E-state index contributed by atoms with van der Waals surface area (Å²) in [7, 11) is -6.98. The zero-order valence-electron chi connectivity index (χ0n) is 25.0. The molecule has 2 heterocycles. The number of hydrogen-bond acceptors (Lipinski definition) is 6. The van der Waals surface area contributed by atoms with Gasteiger partial charge in [0.1, 0.15) is 5.66 Å². The second-order valence-electron chi connectivity index (χ2n) is 13.5. The van der Waals surface area contributed by atoms with Gasteiger partial charge in [0.25, 0.3) is 0 Å². The molecule has 0 radical (unpaired) electrons. The summed E-state index contributed by atoms with van der Waals surface area (Å²) < 4.78 is 52.2. The molecule has 0 saturated carbocycles. The quantitative estimate of drug-likeness (QED) is 0.274. The van der Waals surface area contributed by atoms with E-state index in [0.29, 0.717) is 0 Å². The van der Waals surface area contributed by atoms with Gasteiger partial charge in [-0.3, -0.25) is 9.13 Å². The van der Waals surface area contributed by atoms with Crippen LogP contribution in [0.4, 0.5) is 0 Å². The van der Waals surface area contributed by atoms with E-state index in [0.717, 1.165) is 22.3 Å². The van der Waals surface area contributed by atoms with Crippen LogP contribution in [0.5, 0.6) is 0 Å². The Morgan fingerprint density at radius 2 is 1.17 bits per heavy atom. The third-order valence-corrected chi connectivity index (χ3v) is 11.9. The van der Waals surface area contributed by atoms with Crippen LogP contribution >= 0.6 is 15.2 Å². The van der Waals surface area contributed by atoms with Crippen LogP contribution in [0.3, 0.4) is 0 Å². The summed E-state index contributed by atoms with van der Waals surface area (Å²) in [6, 6.07) is 25.7. The van der Waals surface area contributed by atoms with Crippen LogP contribution in [-0.2, 0) is 44.2 Å². The fraction of sp³-hybridized carbons (Fsp3) is 0.455. The molecule has 5 rings (SSSR count). The van der Waals surface area contributed by atoms with Crippen molar-refractivity contribution < 1.29 is 27.2 Å². The van der Waals surface area contributed by atoms with Crippen molar-refractivity contribution in [3.8, 4) is 0 Å². The zero-order valence-corrected chi connectivity index (χ0v) is 26.8. The lowest BCUT2D eigenvalue weighted by atomic mass is 9.79. The molecule has 2 aliphatic heterocycles. The normalized spacial score (nSPS) is 27.3. The van der Waals surface area contributed by atoms with Crippen molar-refractivity contribution in [1.82, 2.24) is 0 Å². The Balaban J connectivity index is 1.31. The Labute approximate surface area is 244 Å². The maximum atomic E-state index is 14.2. The molecule has 0 aliphatic carbocycles. The van der Waals surface area contributed by atoms with E-state index in [-0.39, 0.29) is 43.4 Å². The first-order valence-electron chi connectivity index (χ1n) is 14.2. The zero-order chi connectivity index (χ0) is 29.5. The van der Waals surface area contributed by atoms with Gasteiger partial charge in [0, 0.05) is 0 Å². The van der Waals surface area contributed by atoms with E-state index in [4.69, 9.17) is 18.1 Å². The van der Waals surface area contributed by atoms with E-state index >= 15 is 0 Å². The highest BCUT2D eigenvalue weighted by Gasteiger charge is 2.51. The minimum atomic E-state index is -3.57. The highest BCUT2D eigenvalue weighted by Crippen LogP contribution is 2.68. The standard InChI is InChI=1S/C33H42O6P2/c1-31(2,3)28-18-17-27(29(19-28)32(4,5)6)20-40(34)36-21-33(22-37-40)23-38-41(35,39-24-33)30(25-13-9-7-10-14-25)26-15-11-8-12-16-26/h7-19,30H,20-24H2,1-6H3. The van der Waals surface area contributed by atoms with Gasteiger partial charge in [-0.05, 0) is 38.6 Å². The molecule has 0 aromatic heterocycles. The molecule has 3 aromatic rings. The predicted molar refractivity (Wildman–Crippen MR) is 164 cm³/mol. The molecule has 0 N–H and O–H groups in total. The minimum absolute atomic E-state index is 0.00743. The van der Waals surface area contributed by atoms with E-state index in [1.54, 1.807) is 0 Å². The smallest absolute Gasteiger partial charge is 0.307 e. The van der Waals surface area contributed by atoms with Crippen molar-refractivity contribution in [1.29, 1.82) is 0 Å². The first-order chi connectivity index (χ1) is 19.2. The second kappa shape index (κ2) is 11.2. The Hall–Kier alpha value is -2.04. The average Bonchev–Trinajstić information content (AvgIpc) is 2.93. The van der Waals surface area contributed by atoms with Gasteiger partial charge in [-0.2, -0.15) is 0 Å². The van der Waals surface area contributed by atoms with E-state index in [1.807, 2.05) is 60.7 Å². The topological polar surface area (TPSA) is 71.1 Å². The number of benzene rings is 3. The van der Waals surface area contributed by atoms with Crippen molar-refractivity contribution >= 4 is 15.2 Å². The Kier molecular flexibility index (Phi) is 8.33. The van der Waals surface area contributed by atoms with Crippen molar-refractivity contribution in [2.75, 3.05) is 26.4 Å². The molecule has 2 saturated heterocycles. The van der Waals surface area contributed by atoms with Gasteiger partial charge in [0.2, 0.25) is 0 Å². The lowest BCUT2D eigenvalue weighted by Crippen LogP contribution is -2.46. The minimum Gasteiger partial charge on any atom is -0.307 e. The molecule has 220 valence electrons. The molecular weight excluding hydrogens is 554 g/mol. The molecular formula is C33H42O6P2. The molecule has 2 aliphatic rings. The van der Waals surface area contributed by atoms with Gasteiger partial charge in [0.15, 0.2) is 0 Å². The van der Waals surface area contributed by atoms with Crippen LogP contribution in [-0.4, -0.2) is 26.4 Å². The van der Waals surface area contributed by atoms with Gasteiger partial charge < -0.3 is 18.1 Å². The lowest BCUT2D eigenvalue weighted by molar-refractivity contribution is -0.0696. The molecule has 6 nitrogen and oxygen atoms in total. The highest BCUT2D eigenvalue weighted by atomic mass is 31.2. The summed E-state index contributed by atoms with van der Waals surface area (Å²) in [6.07, 6.45) is 0.199. The Morgan fingerprint density at radius 1 is 0.683 bits per heavy atom. The fourth-order valence-electron chi connectivity index (χ4n) is 5.41. The summed E-state index contributed by atoms with van der Waals surface area (Å²) in [4.78, 5) is 0. The van der Waals surface area contributed by atoms with E-state index in [2.05, 4.69) is 59.7 Å². The van der Waals surface area contributed by atoms with Gasteiger partial charge in [-0.15, -0.1) is 0 Å². The lowest BCUT2D eigenvalue weighted by Gasteiger charge is -2.44. The largest absolute Gasteiger partial charge is 0.342 e. The Bertz CT molecular complexity index is 1390. The van der Waals surface area contributed by atoms with Crippen molar-refractivity contribution in [3.63, 3.8) is 0 Å². The average molecular weight is 597 g/mol. The van der Waals surface area contributed by atoms with Gasteiger partial charge in [0.05, 0.1) is 38.0 Å². The molecule has 1 spiro atoms. The molecule has 41 heavy (non-hydrogen) atoms. The van der Waals surface area contributed by atoms with Gasteiger partial charge in [-0.25, -0.2) is 0 Å². The van der Waals surface area contributed by atoms with Crippen LogP contribution in [0.25, 0.3) is 0 Å². The van der Waals surface area contributed by atoms with Crippen LogP contribution in [0.1, 0.15) is 75.0 Å². The molecule has 3 aromatic carbocycles. The molecule has 0 bridgehead atoms. The van der Waals surface area contributed by atoms with Crippen LogP contribution in [0.15, 0.2) is 78.9 Å². The van der Waals surface area contributed by atoms with Crippen molar-refractivity contribution in [2.24, 2.45) is 5.41 Å². The summed E-state index contributed by atoms with van der Waals surface area (Å²) in [5.74, 6) is 0. The Morgan fingerprint density at radius 3 is 1.63 bits per heavy atom. The third-order valence-electron chi connectivity index (χ3n) is 7.93. The van der Waals surface area contributed by atoms with Crippen LogP contribution < -0.4 is 0 Å². The fourth-order valence-corrected chi connectivity index (χ4v) is 9.65. The van der Waals surface area contributed by atoms with E-state index < -0.39 is 26.3 Å². The molecule has 8 heteroatoms. The third kappa shape index (κ3) is 6.64. The predicted octanol–water partition coefficient (Wildman–Crippen LogP) is 9.04. The first-order valence-corrected chi connectivity index (χ1v) is 17.6. The van der Waals surface area contributed by atoms with Crippen LogP contribution in [0, 0.1) is 5.41 Å². The summed E-state index contributed by atoms with van der Waals surface area (Å²) in [5, 5.41) is 0.